The number of carboxylic acid groups (broad SMARTS) is 1. The molecule has 2 rings (SSSR count). The van der Waals surface area contributed by atoms with Crippen LogP contribution in [-0.2, 0) is 4.79 Å². The van der Waals surface area contributed by atoms with E-state index in [0.29, 0.717) is 23.0 Å². The molecule has 0 aliphatic heterocycles. The Hall–Kier alpha value is -1.43. The largest absolute Gasteiger partial charge is 0.478 e. The fourth-order valence-electron chi connectivity index (χ4n) is 2.36. The van der Waals surface area contributed by atoms with Crippen molar-refractivity contribution >= 4 is 28.4 Å². The van der Waals surface area contributed by atoms with Crippen LogP contribution in [0.4, 0.5) is 5.00 Å². The van der Waals surface area contributed by atoms with Gasteiger partial charge in [-0.15, -0.1) is 0 Å². The average Bonchev–Trinajstić information content (AvgIpc) is 2.88. The van der Waals surface area contributed by atoms with Crippen LogP contribution in [0.2, 0.25) is 0 Å². The minimum absolute atomic E-state index is 0.104. The molecule has 1 amide bonds. The van der Waals surface area contributed by atoms with Gasteiger partial charge in [0, 0.05) is 6.42 Å². The van der Waals surface area contributed by atoms with Gasteiger partial charge in [0.2, 0.25) is 5.91 Å². The highest BCUT2D eigenvalue weighted by molar-refractivity contribution is 7.11. The van der Waals surface area contributed by atoms with Gasteiger partial charge in [-0.2, -0.15) is 4.37 Å². The predicted molar refractivity (Wildman–Crippen MR) is 69.0 cm³/mol. The van der Waals surface area contributed by atoms with Gasteiger partial charge in [-0.3, -0.25) is 4.79 Å². The van der Waals surface area contributed by atoms with Crippen LogP contribution < -0.4 is 5.32 Å². The molecule has 0 unspecified atom stereocenters. The number of aromatic carboxylic acids is 1. The second-order valence-electron chi connectivity index (χ2n) is 4.68. The van der Waals surface area contributed by atoms with Crippen molar-refractivity contribution in [1.82, 2.24) is 4.37 Å². The maximum atomic E-state index is 11.8. The zero-order valence-corrected chi connectivity index (χ0v) is 11.0. The van der Waals surface area contributed by atoms with E-state index in [1.165, 1.54) is 12.8 Å². The summed E-state index contributed by atoms with van der Waals surface area (Å²) in [6, 6.07) is 0. The van der Waals surface area contributed by atoms with Crippen LogP contribution >= 0.6 is 11.5 Å². The molecular formula is C12H16N2O3S. The monoisotopic (exact) mass is 268 g/mol. The van der Waals surface area contributed by atoms with Crippen molar-refractivity contribution in [3.63, 3.8) is 0 Å². The molecule has 2 N–H and O–H groups in total. The maximum absolute atomic E-state index is 11.8. The lowest BCUT2D eigenvalue weighted by atomic mass is 10.0. The summed E-state index contributed by atoms with van der Waals surface area (Å²) in [4.78, 5) is 22.9. The van der Waals surface area contributed by atoms with E-state index < -0.39 is 5.97 Å². The van der Waals surface area contributed by atoms with Crippen LogP contribution in [0.5, 0.6) is 0 Å². The molecule has 5 nitrogen and oxygen atoms in total. The smallest absolute Gasteiger partial charge is 0.340 e. The van der Waals surface area contributed by atoms with Gasteiger partial charge in [0.25, 0.3) is 0 Å². The third-order valence-electron chi connectivity index (χ3n) is 3.28. The van der Waals surface area contributed by atoms with Crippen molar-refractivity contribution < 1.29 is 14.7 Å². The summed E-state index contributed by atoms with van der Waals surface area (Å²) in [7, 11) is 0. The van der Waals surface area contributed by atoms with E-state index in [4.69, 9.17) is 5.11 Å². The Morgan fingerprint density at radius 3 is 2.72 bits per heavy atom. The number of hydrogen-bond donors (Lipinski definition) is 2. The zero-order valence-electron chi connectivity index (χ0n) is 10.2. The quantitative estimate of drug-likeness (QED) is 0.879. The van der Waals surface area contributed by atoms with E-state index in [1.807, 2.05) is 0 Å². The summed E-state index contributed by atoms with van der Waals surface area (Å²) in [5, 5.41) is 12.1. The van der Waals surface area contributed by atoms with Gasteiger partial charge in [0.05, 0.1) is 5.69 Å². The SMILES string of the molecule is Cc1nsc(NC(=O)CC2CCCC2)c1C(=O)O. The molecule has 0 spiro atoms. The highest BCUT2D eigenvalue weighted by Crippen LogP contribution is 2.29. The number of nitrogens with zero attached hydrogens (tertiary/aromatic N) is 1. The number of aromatic nitrogens is 1. The first kappa shape index (κ1) is 13.0. The fourth-order valence-corrected chi connectivity index (χ4v) is 3.17. The molecule has 0 atom stereocenters. The molecule has 18 heavy (non-hydrogen) atoms. The van der Waals surface area contributed by atoms with Gasteiger partial charge in [-0.05, 0) is 37.2 Å². The predicted octanol–water partition coefficient (Wildman–Crippen LogP) is 2.67. The fraction of sp³-hybridized carbons (Fsp3) is 0.583. The van der Waals surface area contributed by atoms with Crippen LogP contribution in [0.3, 0.4) is 0 Å². The first-order chi connectivity index (χ1) is 8.58. The van der Waals surface area contributed by atoms with Crippen LogP contribution in [0.1, 0.15) is 48.2 Å². The summed E-state index contributed by atoms with van der Waals surface area (Å²) in [5.74, 6) is -0.697. The normalized spacial score (nSPS) is 15.8. The zero-order chi connectivity index (χ0) is 13.1. The number of nitrogens with one attached hydrogen (secondary N) is 1. The molecule has 1 aliphatic rings. The molecule has 1 fully saturated rings. The molecule has 0 bridgehead atoms. The summed E-state index contributed by atoms with van der Waals surface area (Å²) in [6.45, 7) is 1.63. The average molecular weight is 268 g/mol. The number of amides is 1. The molecule has 0 saturated heterocycles. The molecule has 98 valence electrons. The Kier molecular flexibility index (Phi) is 3.96. The Bertz CT molecular complexity index is 464. The van der Waals surface area contributed by atoms with Crippen molar-refractivity contribution in [1.29, 1.82) is 0 Å². The molecule has 0 radical (unpaired) electrons. The Labute approximate surface area is 109 Å². The van der Waals surface area contributed by atoms with Gasteiger partial charge < -0.3 is 10.4 Å². The second-order valence-corrected chi connectivity index (χ2v) is 5.45. The third-order valence-corrected chi connectivity index (χ3v) is 4.13. The van der Waals surface area contributed by atoms with Gasteiger partial charge in [0.15, 0.2) is 0 Å². The molecule has 1 aliphatic carbocycles. The van der Waals surface area contributed by atoms with E-state index in [-0.39, 0.29) is 11.5 Å². The molecule has 0 aromatic carbocycles. The minimum Gasteiger partial charge on any atom is -0.478 e. The van der Waals surface area contributed by atoms with Gasteiger partial charge in [-0.1, -0.05) is 12.8 Å². The summed E-state index contributed by atoms with van der Waals surface area (Å²) < 4.78 is 3.97. The lowest BCUT2D eigenvalue weighted by Gasteiger charge is -2.08. The number of carbonyl (C=O) groups is 2. The molecule has 1 aromatic heterocycles. The van der Waals surface area contributed by atoms with E-state index in [9.17, 15) is 9.59 Å². The second kappa shape index (κ2) is 5.48. The van der Waals surface area contributed by atoms with Crippen molar-refractivity contribution in [3.05, 3.63) is 11.3 Å². The summed E-state index contributed by atoms with van der Waals surface area (Å²) in [5.41, 5.74) is 0.559. The number of rotatable bonds is 4. The number of carboxylic acids is 1. The van der Waals surface area contributed by atoms with E-state index >= 15 is 0 Å². The van der Waals surface area contributed by atoms with Gasteiger partial charge in [-0.25, -0.2) is 4.79 Å². The van der Waals surface area contributed by atoms with Crippen LogP contribution in [-0.4, -0.2) is 21.4 Å². The van der Waals surface area contributed by atoms with E-state index in [1.54, 1.807) is 6.92 Å². The number of aryl methyl sites for hydroxylation is 1. The molecule has 1 aromatic rings. The molecule has 1 heterocycles. The topological polar surface area (TPSA) is 79.3 Å². The lowest BCUT2D eigenvalue weighted by Crippen LogP contribution is -2.16. The Balaban J connectivity index is 2.00. The third kappa shape index (κ3) is 2.87. The van der Waals surface area contributed by atoms with Crippen molar-refractivity contribution in [3.8, 4) is 0 Å². The number of hydrogen-bond acceptors (Lipinski definition) is 4. The van der Waals surface area contributed by atoms with Crippen LogP contribution in [0, 0.1) is 12.8 Å². The lowest BCUT2D eigenvalue weighted by molar-refractivity contribution is -0.117. The first-order valence-electron chi connectivity index (χ1n) is 6.07. The van der Waals surface area contributed by atoms with Crippen LogP contribution in [0.15, 0.2) is 0 Å². The maximum Gasteiger partial charge on any atom is 0.340 e. The van der Waals surface area contributed by atoms with Crippen LogP contribution in [0.25, 0.3) is 0 Å². The van der Waals surface area contributed by atoms with Crippen molar-refractivity contribution in [2.75, 3.05) is 5.32 Å². The Morgan fingerprint density at radius 1 is 1.44 bits per heavy atom. The minimum atomic E-state index is -1.04. The van der Waals surface area contributed by atoms with Gasteiger partial charge >= 0.3 is 5.97 Å². The van der Waals surface area contributed by atoms with E-state index in [0.717, 1.165) is 24.4 Å². The van der Waals surface area contributed by atoms with Gasteiger partial charge in [0.1, 0.15) is 10.6 Å². The standard InChI is InChI=1S/C12H16N2O3S/c1-7-10(12(16)17)11(18-14-7)13-9(15)6-8-4-2-3-5-8/h8H,2-6H2,1H3,(H,13,15)(H,16,17). The molecular weight excluding hydrogens is 252 g/mol. The number of anilines is 1. The molecule has 1 saturated carbocycles. The summed E-state index contributed by atoms with van der Waals surface area (Å²) >= 11 is 1.03. The molecule has 6 heteroatoms. The Morgan fingerprint density at radius 2 is 2.11 bits per heavy atom. The van der Waals surface area contributed by atoms with Crippen molar-refractivity contribution in [2.45, 2.75) is 39.0 Å². The van der Waals surface area contributed by atoms with E-state index in [2.05, 4.69) is 9.69 Å². The number of carbonyl (C=O) groups excluding carboxylic acids is 1. The highest BCUT2D eigenvalue weighted by atomic mass is 32.1. The summed E-state index contributed by atoms with van der Waals surface area (Å²) in [6.07, 6.45) is 5.06. The first-order valence-corrected chi connectivity index (χ1v) is 6.84. The highest BCUT2D eigenvalue weighted by Gasteiger charge is 2.22. The van der Waals surface area contributed by atoms with Crippen molar-refractivity contribution in [2.24, 2.45) is 5.92 Å².